The molecule has 0 amide bonds. The van der Waals surface area contributed by atoms with E-state index in [1.54, 1.807) is 18.6 Å². The SMILES string of the molecule is Cc1nccn1-c1cncc(NCCc2ccc(CO)cc2)n1. The molecule has 0 radical (unpaired) electrons. The van der Waals surface area contributed by atoms with Crippen LogP contribution in [0.1, 0.15) is 17.0 Å². The number of imidazole rings is 1. The standard InChI is InChI=1S/C17H19N5O/c1-13-19-8-9-22(13)17-11-18-10-16(21-17)20-7-6-14-2-4-15(12-23)5-3-14/h2-5,8-11,23H,6-7,12H2,1H3,(H,20,21). The third kappa shape index (κ3) is 3.73. The molecule has 0 saturated heterocycles. The van der Waals surface area contributed by atoms with Gasteiger partial charge < -0.3 is 10.4 Å². The molecule has 0 saturated carbocycles. The Kier molecular flexibility index (Phi) is 4.63. The van der Waals surface area contributed by atoms with Gasteiger partial charge in [0.05, 0.1) is 19.0 Å². The van der Waals surface area contributed by atoms with Crippen molar-refractivity contribution >= 4 is 5.82 Å². The molecule has 0 fully saturated rings. The van der Waals surface area contributed by atoms with E-state index in [1.807, 2.05) is 42.0 Å². The summed E-state index contributed by atoms with van der Waals surface area (Å²) in [6, 6.07) is 7.95. The van der Waals surface area contributed by atoms with Crippen LogP contribution in [0, 0.1) is 6.92 Å². The van der Waals surface area contributed by atoms with Gasteiger partial charge in [-0.2, -0.15) is 0 Å². The average Bonchev–Trinajstić information content (AvgIpc) is 3.02. The molecule has 0 spiro atoms. The smallest absolute Gasteiger partial charge is 0.159 e. The lowest BCUT2D eigenvalue weighted by Crippen LogP contribution is -2.08. The number of hydrogen-bond donors (Lipinski definition) is 2. The summed E-state index contributed by atoms with van der Waals surface area (Å²) < 4.78 is 1.89. The average molecular weight is 309 g/mol. The van der Waals surface area contributed by atoms with Crippen LogP contribution >= 0.6 is 0 Å². The normalized spacial score (nSPS) is 10.7. The molecule has 0 unspecified atom stereocenters. The number of aryl methyl sites for hydroxylation is 1. The van der Waals surface area contributed by atoms with Crippen LogP contribution in [0.3, 0.4) is 0 Å². The summed E-state index contributed by atoms with van der Waals surface area (Å²) >= 11 is 0. The summed E-state index contributed by atoms with van der Waals surface area (Å²) in [5, 5.41) is 12.3. The van der Waals surface area contributed by atoms with Crippen molar-refractivity contribution in [2.45, 2.75) is 20.0 Å². The second-order valence-corrected chi connectivity index (χ2v) is 5.26. The lowest BCUT2D eigenvalue weighted by atomic mass is 10.1. The first-order chi connectivity index (χ1) is 11.3. The monoisotopic (exact) mass is 309 g/mol. The number of benzene rings is 1. The summed E-state index contributed by atoms with van der Waals surface area (Å²) in [4.78, 5) is 13.0. The van der Waals surface area contributed by atoms with E-state index in [4.69, 9.17) is 5.11 Å². The zero-order chi connectivity index (χ0) is 16.1. The van der Waals surface area contributed by atoms with Crippen LogP contribution in [0.4, 0.5) is 5.82 Å². The Morgan fingerprint density at radius 1 is 1.13 bits per heavy atom. The highest BCUT2D eigenvalue weighted by Gasteiger charge is 2.04. The van der Waals surface area contributed by atoms with E-state index in [0.29, 0.717) is 0 Å². The van der Waals surface area contributed by atoms with Crippen molar-refractivity contribution in [3.05, 3.63) is 66.0 Å². The first-order valence-corrected chi connectivity index (χ1v) is 7.51. The maximum absolute atomic E-state index is 9.04. The fourth-order valence-corrected chi connectivity index (χ4v) is 2.32. The molecule has 0 aliphatic carbocycles. The second kappa shape index (κ2) is 7.02. The minimum atomic E-state index is 0.0780. The number of aromatic nitrogens is 4. The first kappa shape index (κ1) is 15.2. The number of anilines is 1. The molecule has 118 valence electrons. The summed E-state index contributed by atoms with van der Waals surface area (Å²) in [5.41, 5.74) is 2.14. The first-order valence-electron chi connectivity index (χ1n) is 7.51. The van der Waals surface area contributed by atoms with Gasteiger partial charge in [-0.15, -0.1) is 0 Å². The maximum Gasteiger partial charge on any atom is 0.159 e. The van der Waals surface area contributed by atoms with Crippen molar-refractivity contribution in [2.24, 2.45) is 0 Å². The topological polar surface area (TPSA) is 75.9 Å². The molecule has 3 aromatic rings. The molecule has 2 aromatic heterocycles. The van der Waals surface area contributed by atoms with E-state index in [9.17, 15) is 0 Å². The molecule has 1 aromatic carbocycles. The molecular weight excluding hydrogens is 290 g/mol. The largest absolute Gasteiger partial charge is 0.392 e. The van der Waals surface area contributed by atoms with Crippen molar-refractivity contribution in [3.8, 4) is 5.82 Å². The van der Waals surface area contributed by atoms with Gasteiger partial charge in [-0.1, -0.05) is 24.3 Å². The predicted molar refractivity (Wildman–Crippen MR) is 88.4 cm³/mol. The van der Waals surface area contributed by atoms with E-state index < -0.39 is 0 Å². The fourth-order valence-electron chi connectivity index (χ4n) is 2.32. The number of rotatable bonds is 6. The molecular formula is C17H19N5O. The van der Waals surface area contributed by atoms with Crippen LogP contribution < -0.4 is 5.32 Å². The summed E-state index contributed by atoms with van der Waals surface area (Å²) in [7, 11) is 0. The Bertz CT molecular complexity index is 767. The summed E-state index contributed by atoms with van der Waals surface area (Å²) in [5.74, 6) is 2.36. The number of hydrogen-bond acceptors (Lipinski definition) is 5. The van der Waals surface area contributed by atoms with Gasteiger partial charge in [0.15, 0.2) is 5.82 Å². The highest BCUT2D eigenvalue weighted by molar-refractivity contribution is 5.37. The highest BCUT2D eigenvalue weighted by atomic mass is 16.3. The minimum absolute atomic E-state index is 0.0780. The third-order valence-corrected chi connectivity index (χ3v) is 3.62. The Morgan fingerprint density at radius 3 is 2.61 bits per heavy atom. The van der Waals surface area contributed by atoms with Gasteiger partial charge in [-0.25, -0.2) is 9.97 Å². The van der Waals surface area contributed by atoms with Crippen LogP contribution in [0.15, 0.2) is 49.1 Å². The van der Waals surface area contributed by atoms with Gasteiger partial charge >= 0.3 is 0 Å². The van der Waals surface area contributed by atoms with Crippen LogP contribution in [-0.4, -0.2) is 31.2 Å². The third-order valence-electron chi connectivity index (χ3n) is 3.62. The summed E-state index contributed by atoms with van der Waals surface area (Å²) in [6.45, 7) is 2.77. The van der Waals surface area contributed by atoms with Crippen molar-refractivity contribution < 1.29 is 5.11 Å². The van der Waals surface area contributed by atoms with Crippen LogP contribution in [0.25, 0.3) is 5.82 Å². The zero-order valence-corrected chi connectivity index (χ0v) is 13.0. The predicted octanol–water partition coefficient (Wildman–Crippen LogP) is 2.12. The quantitative estimate of drug-likeness (QED) is 0.729. The van der Waals surface area contributed by atoms with E-state index in [1.165, 1.54) is 5.56 Å². The van der Waals surface area contributed by atoms with Gasteiger partial charge in [0.2, 0.25) is 0 Å². The Hall–Kier alpha value is -2.73. The molecule has 2 heterocycles. The van der Waals surface area contributed by atoms with Gasteiger partial charge in [-0.3, -0.25) is 9.55 Å². The maximum atomic E-state index is 9.04. The van der Waals surface area contributed by atoms with Crippen LogP contribution in [0.2, 0.25) is 0 Å². The molecule has 6 nitrogen and oxygen atoms in total. The van der Waals surface area contributed by atoms with Gasteiger partial charge in [-0.05, 0) is 24.5 Å². The number of aliphatic hydroxyl groups is 1. The van der Waals surface area contributed by atoms with Crippen molar-refractivity contribution in [2.75, 3.05) is 11.9 Å². The molecule has 0 aliphatic heterocycles. The van der Waals surface area contributed by atoms with E-state index in [0.717, 1.165) is 36.0 Å². The van der Waals surface area contributed by atoms with Crippen molar-refractivity contribution in [1.29, 1.82) is 0 Å². The number of nitrogens with one attached hydrogen (secondary N) is 1. The lowest BCUT2D eigenvalue weighted by molar-refractivity contribution is 0.282. The number of aliphatic hydroxyl groups excluding tert-OH is 1. The lowest BCUT2D eigenvalue weighted by Gasteiger charge is -2.08. The van der Waals surface area contributed by atoms with Crippen LogP contribution in [0.5, 0.6) is 0 Å². The minimum Gasteiger partial charge on any atom is -0.392 e. The van der Waals surface area contributed by atoms with Gasteiger partial charge in [0.25, 0.3) is 0 Å². The highest BCUT2D eigenvalue weighted by Crippen LogP contribution is 2.10. The molecule has 0 atom stereocenters. The molecule has 0 bridgehead atoms. The summed E-state index contributed by atoms with van der Waals surface area (Å²) in [6.07, 6.45) is 7.92. The van der Waals surface area contributed by atoms with Crippen LogP contribution in [-0.2, 0) is 13.0 Å². The van der Waals surface area contributed by atoms with Gasteiger partial charge in [0.1, 0.15) is 11.6 Å². The molecule has 3 rings (SSSR count). The number of nitrogens with zero attached hydrogens (tertiary/aromatic N) is 4. The second-order valence-electron chi connectivity index (χ2n) is 5.26. The molecule has 6 heteroatoms. The zero-order valence-electron chi connectivity index (χ0n) is 13.0. The van der Waals surface area contributed by atoms with Crippen molar-refractivity contribution in [3.63, 3.8) is 0 Å². The molecule has 2 N–H and O–H groups in total. The van der Waals surface area contributed by atoms with E-state index in [2.05, 4.69) is 20.3 Å². The van der Waals surface area contributed by atoms with E-state index in [-0.39, 0.29) is 6.61 Å². The van der Waals surface area contributed by atoms with E-state index >= 15 is 0 Å². The Balaban J connectivity index is 1.61. The molecule has 0 aliphatic rings. The van der Waals surface area contributed by atoms with Gasteiger partial charge in [0, 0.05) is 18.9 Å². The Labute approximate surface area is 134 Å². The fraction of sp³-hybridized carbons (Fsp3) is 0.235. The molecule has 23 heavy (non-hydrogen) atoms. The Morgan fingerprint density at radius 2 is 1.91 bits per heavy atom. The van der Waals surface area contributed by atoms with Crippen molar-refractivity contribution in [1.82, 2.24) is 19.5 Å².